The Morgan fingerprint density at radius 3 is 2.61 bits per heavy atom. The largest absolute Gasteiger partial charge is 0.454 e. The van der Waals surface area contributed by atoms with Crippen molar-refractivity contribution in [2.24, 2.45) is 0 Å². The minimum Gasteiger partial charge on any atom is -0.454 e. The van der Waals surface area contributed by atoms with E-state index in [9.17, 15) is 14.4 Å². The van der Waals surface area contributed by atoms with Gasteiger partial charge in [-0.15, -0.1) is 0 Å². The van der Waals surface area contributed by atoms with Crippen molar-refractivity contribution in [2.45, 2.75) is 22.8 Å². The molecule has 0 bridgehead atoms. The van der Waals surface area contributed by atoms with Crippen LogP contribution in [0.5, 0.6) is 0 Å². The van der Waals surface area contributed by atoms with E-state index in [1.54, 1.807) is 23.2 Å². The maximum atomic E-state index is 12.6. The average Bonchev–Trinajstić information content (AvgIpc) is 3.50. The van der Waals surface area contributed by atoms with Crippen molar-refractivity contribution in [1.29, 1.82) is 0 Å². The van der Waals surface area contributed by atoms with Crippen LogP contribution >= 0.6 is 11.8 Å². The molecule has 4 rings (SSSR count). The van der Waals surface area contributed by atoms with Gasteiger partial charge in [-0.05, 0) is 43.2 Å². The molecule has 1 saturated heterocycles. The van der Waals surface area contributed by atoms with E-state index >= 15 is 0 Å². The fourth-order valence-electron chi connectivity index (χ4n) is 3.29. The number of benzene rings is 1. The highest BCUT2D eigenvalue weighted by Gasteiger charge is 2.22. The first-order valence-corrected chi connectivity index (χ1v) is 10.8. The SMILES string of the molecule is O=C(COC(=O)c1cccnc1Sc1ccccc1)c1c[nH]c(C(=O)N2CCCC2)c1. The molecule has 1 aromatic carbocycles. The molecule has 31 heavy (non-hydrogen) atoms. The Kier molecular flexibility index (Phi) is 6.47. The highest BCUT2D eigenvalue weighted by atomic mass is 32.2. The first-order valence-electron chi connectivity index (χ1n) is 9.98. The van der Waals surface area contributed by atoms with Gasteiger partial charge < -0.3 is 14.6 Å². The Bertz CT molecular complexity index is 1090. The normalized spacial score (nSPS) is 13.2. The Morgan fingerprint density at radius 2 is 1.84 bits per heavy atom. The number of aromatic nitrogens is 2. The van der Waals surface area contributed by atoms with Crippen LogP contribution in [-0.4, -0.2) is 52.2 Å². The molecule has 2 aromatic heterocycles. The number of H-pyrrole nitrogens is 1. The van der Waals surface area contributed by atoms with Gasteiger partial charge in [0.25, 0.3) is 5.91 Å². The summed E-state index contributed by atoms with van der Waals surface area (Å²) >= 11 is 1.35. The zero-order valence-electron chi connectivity index (χ0n) is 16.7. The number of nitrogens with one attached hydrogen (secondary N) is 1. The number of ketones is 1. The van der Waals surface area contributed by atoms with Crippen LogP contribution in [-0.2, 0) is 4.74 Å². The first kappa shape index (κ1) is 20.9. The molecule has 1 aliphatic heterocycles. The highest BCUT2D eigenvalue weighted by molar-refractivity contribution is 7.99. The molecule has 0 radical (unpaired) electrons. The average molecular weight is 436 g/mol. The number of esters is 1. The van der Waals surface area contributed by atoms with Crippen molar-refractivity contribution in [2.75, 3.05) is 19.7 Å². The summed E-state index contributed by atoms with van der Waals surface area (Å²) in [6, 6.07) is 14.3. The lowest BCUT2D eigenvalue weighted by Crippen LogP contribution is -2.27. The van der Waals surface area contributed by atoms with Crippen molar-refractivity contribution in [3.63, 3.8) is 0 Å². The highest BCUT2D eigenvalue weighted by Crippen LogP contribution is 2.28. The number of likely N-dealkylation sites (tertiary alicyclic amines) is 1. The monoisotopic (exact) mass is 435 g/mol. The van der Waals surface area contributed by atoms with Crippen molar-refractivity contribution in [3.8, 4) is 0 Å². The number of pyridine rings is 1. The molecular formula is C23H21N3O4S. The minimum absolute atomic E-state index is 0.119. The van der Waals surface area contributed by atoms with Gasteiger partial charge in [-0.25, -0.2) is 9.78 Å². The van der Waals surface area contributed by atoms with E-state index in [0.717, 1.165) is 30.8 Å². The molecule has 0 saturated carbocycles. The number of nitrogens with zero attached hydrogens (tertiary/aromatic N) is 2. The number of Topliss-reactive ketones (excluding diaryl/α,β-unsaturated/α-hetero) is 1. The number of carbonyl (C=O) groups excluding carboxylic acids is 3. The quantitative estimate of drug-likeness (QED) is 0.448. The molecular weight excluding hydrogens is 414 g/mol. The maximum Gasteiger partial charge on any atom is 0.341 e. The summed E-state index contributed by atoms with van der Waals surface area (Å²) in [6.45, 7) is 1.04. The van der Waals surface area contributed by atoms with Gasteiger partial charge in [0.2, 0.25) is 5.78 Å². The van der Waals surface area contributed by atoms with Crippen molar-refractivity contribution in [1.82, 2.24) is 14.9 Å². The predicted octanol–water partition coefficient (Wildman–Crippen LogP) is 3.84. The Hall–Kier alpha value is -3.39. The van der Waals surface area contributed by atoms with Crippen molar-refractivity contribution in [3.05, 3.63) is 77.7 Å². The fraction of sp³-hybridized carbons (Fsp3) is 0.217. The minimum atomic E-state index is -0.621. The van der Waals surface area contributed by atoms with E-state index in [1.807, 2.05) is 30.3 Å². The van der Waals surface area contributed by atoms with Crippen LogP contribution < -0.4 is 0 Å². The third-order valence-electron chi connectivity index (χ3n) is 4.91. The van der Waals surface area contributed by atoms with E-state index < -0.39 is 12.6 Å². The molecule has 0 spiro atoms. The van der Waals surface area contributed by atoms with E-state index in [1.165, 1.54) is 24.0 Å². The maximum absolute atomic E-state index is 12.6. The van der Waals surface area contributed by atoms with Gasteiger partial charge in [-0.3, -0.25) is 9.59 Å². The molecule has 0 unspecified atom stereocenters. The van der Waals surface area contributed by atoms with Gasteiger partial charge in [0.15, 0.2) is 6.61 Å². The number of rotatable bonds is 7. The summed E-state index contributed by atoms with van der Waals surface area (Å²) in [7, 11) is 0. The van der Waals surface area contributed by atoms with Crippen molar-refractivity contribution >= 4 is 29.4 Å². The molecule has 3 heterocycles. The van der Waals surface area contributed by atoms with E-state index in [2.05, 4.69) is 9.97 Å². The van der Waals surface area contributed by atoms with Gasteiger partial charge >= 0.3 is 5.97 Å². The van der Waals surface area contributed by atoms with Crippen LogP contribution in [0.3, 0.4) is 0 Å². The van der Waals surface area contributed by atoms with Crippen LogP contribution in [0.15, 0.2) is 70.8 Å². The molecule has 0 aliphatic carbocycles. The molecule has 8 heteroatoms. The summed E-state index contributed by atoms with van der Waals surface area (Å²) in [6.07, 6.45) is 5.06. The number of hydrogen-bond donors (Lipinski definition) is 1. The summed E-state index contributed by atoms with van der Waals surface area (Å²) in [5.41, 5.74) is 0.967. The Balaban J connectivity index is 1.38. The van der Waals surface area contributed by atoms with Crippen LogP contribution in [0.2, 0.25) is 0 Å². The van der Waals surface area contributed by atoms with Gasteiger partial charge in [0.1, 0.15) is 10.7 Å². The third-order valence-corrected chi connectivity index (χ3v) is 5.94. The number of amides is 1. The standard InChI is InChI=1S/C23H21N3O4S/c27-20(16-13-19(25-14-16)22(28)26-11-4-5-12-26)15-30-23(29)18-9-6-10-24-21(18)31-17-7-2-1-3-8-17/h1-3,6-10,13-14,25H,4-5,11-12,15H2. The van der Waals surface area contributed by atoms with Crippen LogP contribution in [0.4, 0.5) is 0 Å². The number of carbonyl (C=O) groups is 3. The summed E-state index contributed by atoms with van der Waals surface area (Å²) in [5.74, 6) is -1.12. The lowest BCUT2D eigenvalue weighted by atomic mass is 10.2. The summed E-state index contributed by atoms with van der Waals surface area (Å²) in [5, 5.41) is 0.506. The van der Waals surface area contributed by atoms with Gasteiger partial charge in [0.05, 0.1) is 5.56 Å². The first-order chi connectivity index (χ1) is 15.1. The summed E-state index contributed by atoms with van der Waals surface area (Å²) < 4.78 is 5.24. The fourth-order valence-corrected chi connectivity index (χ4v) is 4.18. The van der Waals surface area contributed by atoms with Crippen LogP contribution in [0.1, 0.15) is 44.0 Å². The van der Waals surface area contributed by atoms with Gasteiger partial charge in [-0.2, -0.15) is 0 Å². The van der Waals surface area contributed by atoms with Crippen LogP contribution in [0.25, 0.3) is 0 Å². The topological polar surface area (TPSA) is 92.4 Å². The zero-order valence-corrected chi connectivity index (χ0v) is 17.6. The lowest BCUT2D eigenvalue weighted by molar-refractivity contribution is 0.0470. The molecule has 1 aliphatic rings. The number of hydrogen-bond acceptors (Lipinski definition) is 6. The molecule has 1 N–H and O–H groups in total. The number of ether oxygens (including phenoxy) is 1. The number of aromatic amines is 1. The zero-order chi connectivity index (χ0) is 21.6. The van der Waals surface area contributed by atoms with E-state index in [-0.39, 0.29) is 11.7 Å². The van der Waals surface area contributed by atoms with Gasteiger partial charge in [-0.1, -0.05) is 30.0 Å². The second-order valence-corrected chi connectivity index (χ2v) is 8.13. The molecule has 1 amide bonds. The van der Waals surface area contributed by atoms with Crippen LogP contribution in [0, 0.1) is 0 Å². The van der Waals surface area contributed by atoms with Crippen molar-refractivity contribution < 1.29 is 19.1 Å². The Morgan fingerprint density at radius 1 is 1.06 bits per heavy atom. The van der Waals surface area contributed by atoms with E-state index in [0.29, 0.717) is 21.8 Å². The molecule has 3 aromatic rings. The molecule has 7 nitrogen and oxygen atoms in total. The smallest absolute Gasteiger partial charge is 0.341 e. The third kappa shape index (κ3) is 5.03. The molecule has 1 fully saturated rings. The predicted molar refractivity (Wildman–Crippen MR) is 115 cm³/mol. The Labute approximate surface area is 183 Å². The second kappa shape index (κ2) is 9.61. The molecule has 0 atom stereocenters. The summed E-state index contributed by atoms with van der Waals surface area (Å²) in [4.78, 5) is 47.3. The molecule has 158 valence electrons. The van der Waals surface area contributed by atoms with E-state index in [4.69, 9.17) is 4.74 Å². The lowest BCUT2D eigenvalue weighted by Gasteiger charge is -2.13. The van der Waals surface area contributed by atoms with Gasteiger partial charge in [0, 0.05) is 35.9 Å². The second-order valence-electron chi connectivity index (χ2n) is 7.07.